The Hall–Kier alpha value is -2.71. The van der Waals surface area contributed by atoms with Crippen LogP contribution in [0.3, 0.4) is 0 Å². The smallest absolute Gasteiger partial charge is 0.252 e. The van der Waals surface area contributed by atoms with Crippen molar-refractivity contribution < 1.29 is 18.7 Å². The molecule has 0 bridgehead atoms. The molecule has 0 aliphatic carbocycles. The van der Waals surface area contributed by atoms with E-state index >= 15 is 0 Å². The van der Waals surface area contributed by atoms with Crippen LogP contribution in [0.15, 0.2) is 35.1 Å². The normalized spacial score (nSPS) is 16.6. The molecule has 0 aromatic carbocycles. The maximum absolute atomic E-state index is 12.9. The molecule has 160 valence electrons. The third kappa shape index (κ3) is 4.55. The zero-order valence-corrected chi connectivity index (χ0v) is 17.5. The molecule has 4 rings (SSSR count). The number of furan rings is 1. The summed E-state index contributed by atoms with van der Waals surface area (Å²) in [6, 6.07) is 5.52. The lowest BCUT2D eigenvalue weighted by Crippen LogP contribution is -2.26. The third-order valence-electron chi connectivity index (χ3n) is 5.15. The number of nitrogens with one attached hydrogen (secondary N) is 1. The van der Waals surface area contributed by atoms with Gasteiger partial charge >= 0.3 is 0 Å². The Morgan fingerprint density at radius 1 is 1.43 bits per heavy atom. The number of rotatable bonds is 9. The van der Waals surface area contributed by atoms with Crippen LogP contribution in [-0.2, 0) is 9.47 Å². The topological polar surface area (TPSA) is 91.4 Å². The largest absolute Gasteiger partial charge is 0.463 e. The van der Waals surface area contributed by atoms with E-state index in [0.29, 0.717) is 42.4 Å². The zero-order valence-electron chi connectivity index (χ0n) is 17.5. The van der Waals surface area contributed by atoms with Crippen LogP contribution in [0.5, 0.6) is 0 Å². The van der Waals surface area contributed by atoms with E-state index in [4.69, 9.17) is 18.9 Å². The number of aromatic nitrogens is 3. The zero-order chi connectivity index (χ0) is 20.9. The van der Waals surface area contributed by atoms with E-state index in [-0.39, 0.29) is 18.1 Å². The molecule has 1 fully saturated rings. The van der Waals surface area contributed by atoms with Crippen molar-refractivity contribution in [2.24, 2.45) is 0 Å². The summed E-state index contributed by atoms with van der Waals surface area (Å²) >= 11 is 0. The molecular weight excluding hydrogens is 384 g/mol. The van der Waals surface area contributed by atoms with Crippen LogP contribution < -0.4 is 5.32 Å². The Bertz CT molecular complexity index is 975. The second kappa shape index (κ2) is 9.40. The van der Waals surface area contributed by atoms with Crippen molar-refractivity contribution in [2.45, 2.75) is 45.3 Å². The van der Waals surface area contributed by atoms with Gasteiger partial charge in [-0.1, -0.05) is 0 Å². The van der Waals surface area contributed by atoms with Gasteiger partial charge in [-0.25, -0.2) is 9.67 Å². The summed E-state index contributed by atoms with van der Waals surface area (Å²) in [6.45, 7) is 6.64. The monoisotopic (exact) mass is 412 g/mol. The molecule has 8 nitrogen and oxygen atoms in total. The Morgan fingerprint density at radius 2 is 2.33 bits per heavy atom. The molecule has 1 aliphatic rings. The lowest BCUT2D eigenvalue weighted by atomic mass is 10.1. The van der Waals surface area contributed by atoms with Gasteiger partial charge in [-0.05, 0) is 51.3 Å². The van der Waals surface area contributed by atoms with Crippen LogP contribution in [0.2, 0.25) is 0 Å². The first-order valence-electron chi connectivity index (χ1n) is 10.5. The van der Waals surface area contributed by atoms with Gasteiger partial charge in [0.05, 0.1) is 36.1 Å². The second-order valence-corrected chi connectivity index (χ2v) is 7.77. The molecular formula is C22H28N4O4. The first-order valence-corrected chi connectivity index (χ1v) is 10.5. The molecule has 1 atom stereocenters. The van der Waals surface area contributed by atoms with E-state index in [1.54, 1.807) is 24.6 Å². The summed E-state index contributed by atoms with van der Waals surface area (Å²) in [4.78, 5) is 17.6. The molecule has 0 spiro atoms. The highest BCUT2D eigenvalue weighted by atomic mass is 16.5. The molecule has 8 heteroatoms. The number of hydrogen-bond donors (Lipinski definition) is 1. The van der Waals surface area contributed by atoms with Crippen molar-refractivity contribution in [3.05, 3.63) is 36.2 Å². The molecule has 1 aliphatic heterocycles. The predicted octanol–water partition coefficient (Wildman–Crippen LogP) is 3.59. The molecule has 3 aromatic heterocycles. The van der Waals surface area contributed by atoms with E-state index in [1.165, 1.54) is 0 Å². The summed E-state index contributed by atoms with van der Waals surface area (Å²) in [6.07, 6.45) is 6.44. The van der Waals surface area contributed by atoms with E-state index in [0.717, 1.165) is 31.3 Å². The third-order valence-corrected chi connectivity index (χ3v) is 5.15. The van der Waals surface area contributed by atoms with Gasteiger partial charge < -0.3 is 19.2 Å². The number of hydrogen-bond acceptors (Lipinski definition) is 6. The molecule has 1 amide bonds. The number of pyridine rings is 1. The predicted molar refractivity (Wildman–Crippen MR) is 112 cm³/mol. The molecule has 0 radical (unpaired) electrons. The molecule has 1 unspecified atom stereocenters. The van der Waals surface area contributed by atoms with E-state index < -0.39 is 0 Å². The van der Waals surface area contributed by atoms with Gasteiger partial charge in [0.15, 0.2) is 11.4 Å². The molecule has 3 aromatic rings. The summed E-state index contributed by atoms with van der Waals surface area (Å²) in [5, 5.41) is 8.14. The van der Waals surface area contributed by atoms with Crippen LogP contribution in [0, 0.1) is 0 Å². The van der Waals surface area contributed by atoms with Gasteiger partial charge in [-0.2, -0.15) is 5.10 Å². The number of ether oxygens (including phenoxy) is 2. The van der Waals surface area contributed by atoms with Gasteiger partial charge in [0.2, 0.25) is 0 Å². The highest BCUT2D eigenvalue weighted by molar-refractivity contribution is 6.06. The van der Waals surface area contributed by atoms with Crippen LogP contribution >= 0.6 is 0 Å². The first-order chi connectivity index (χ1) is 14.6. The fourth-order valence-electron chi connectivity index (χ4n) is 3.60. The summed E-state index contributed by atoms with van der Waals surface area (Å²) in [7, 11) is 0. The number of nitrogens with zero attached hydrogens (tertiary/aromatic N) is 3. The standard InChI is InChI=1S/C22H28N4O4/c1-15(2)26-21-18(13-24-26)17(12-19(25-21)20-7-4-11-30-20)22(27)23-8-5-9-28-14-16-6-3-10-29-16/h4,7,11-13,15-16H,3,5-6,8-10,14H2,1-2H3,(H,23,27). The van der Waals surface area contributed by atoms with E-state index in [9.17, 15) is 4.79 Å². The summed E-state index contributed by atoms with van der Waals surface area (Å²) < 4.78 is 18.5. The fraction of sp³-hybridized carbons (Fsp3) is 0.500. The van der Waals surface area contributed by atoms with Gasteiger partial charge in [0, 0.05) is 25.8 Å². The highest BCUT2D eigenvalue weighted by Crippen LogP contribution is 2.26. The first kappa shape index (κ1) is 20.6. The van der Waals surface area contributed by atoms with Gasteiger partial charge in [-0.3, -0.25) is 4.79 Å². The van der Waals surface area contributed by atoms with Crippen molar-refractivity contribution >= 4 is 16.9 Å². The Balaban J connectivity index is 1.43. The molecule has 0 saturated carbocycles. The van der Waals surface area contributed by atoms with E-state index in [2.05, 4.69) is 10.4 Å². The maximum Gasteiger partial charge on any atom is 0.252 e. The highest BCUT2D eigenvalue weighted by Gasteiger charge is 2.19. The number of carbonyl (C=O) groups is 1. The Morgan fingerprint density at radius 3 is 3.07 bits per heavy atom. The van der Waals surface area contributed by atoms with Crippen molar-refractivity contribution in [3.8, 4) is 11.5 Å². The Labute approximate surface area is 175 Å². The van der Waals surface area contributed by atoms with Crippen LogP contribution in [0.1, 0.15) is 49.5 Å². The molecule has 1 saturated heterocycles. The minimum absolute atomic E-state index is 0.124. The summed E-state index contributed by atoms with van der Waals surface area (Å²) in [5.41, 5.74) is 1.82. The quantitative estimate of drug-likeness (QED) is 0.540. The minimum atomic E-state index is -0.155. The average molecular weight is 412 g/mol. The van der Waals surface area contributed by atoms with Crippen molar-refractivity contribution in [2.75, 3.05) is 26.4 Å². The molecule has 4 heterocycles. The number of carbonyl (C=O) groups excluding carboxylic acids is 1. The Kier molecular flexibility index (Phi) is 6.44. The van der Waals surface area contributed by atoms with Gasteiger partial charge in [0.1, 0.15) is 5.69 Å². The van der Waals surface area contributed by atoms with Crippen LogP contribution in [0.25, 0.3) is 22.5 Å². The number of amides is 1. The van der Waals surface area contributed by atoms with Gasteiger partial charge in [0.25, 0.3) is 5.91 Å². The SMILES string of the molecule is CC(C)n1ncc2c(C(=O)NCCCOCC3CCCO3)cc(-c3ccco3)nc21. The fourth-order valence-corrected chi connectivity index (χ4v) is 3.60. The van der Waals surface area contributed by atoms with Crippen molar-refractivity contribution in [3.63, 3.8) is 0 Å². The van der Waals surface area contributed by atoms with Crippen molar-refractivity contribution in [1.29, 1.82) is 0 Å². The maximum atomic E-state index is 12.9. The molecule has 1 N–H and O–H groups in total. The lowest BCUT2D eigenvalue weighted by molar-refractivity contribution is 0.0166. The summed E-state index contributed by atoms with van der Waals surface area (Å²) in [5.74, 6) is 0.461. The van der Waals surface area contributed by atoms with Gasteiger partial charge in [-0.15, -0.1) is 0 Å². The minimum Gasteiger partial charge on any atom is -0.463 e. The molecule has 30 heavy (non-hydrogen) atoms. The van der Waals surface area contributed by atoms with Crippen LogP contribution in [0.4, 0.5) is 0 Å². The second-order valence-electron chi connectivity index (χ2n) is 7.77. The lowest BCUT2D eigenvalue weighted by Gasteiger charge is -2.11. The van der Waals surface area contributed by atoms with Crippen LogP contribution in [-0.4, -0.2) is 53.1 Å². The van der Waals surface area contributed by atoms with Crippen molar-refractivity contribution in [1.82, 2.24) is 20.1 Å². The average Bonchev–Trinajstić information content (AvgIpc) is 3.50. The number of fused-ring (bicyclic) bond motifs is 1. The van der Waals surface area contributed by atoms with E-state index in [1.807, 2.05) is 24.6 Å².